The molecule has 0 unspecified atom stereocenters. The van der Waals surface area contributed by atoms with Crippen LogP contribution >= 0.6 is 12.4 Å². The first-order valence-corrected chi connectivity index (χ1v) is 8.85. The highest BCUT2D eigenvalue weighted by Gasteiger charge is 2.20. The summed E-state index contributed by atoms with van der Waals surface area (Å²) in [6.45, 7) is 4.42. The molecule has 1 aromatic carbocycles. The monoisotopic (exact) mass is 364 g/mol. The molecule has 0 radical (unpaired) electrons. The first kappa shape index (κ1) is 19.8. The summed E-state index contributed by atoms with van der Waals surface area (Å²) in [5.74, 6) is 1.72. The van der Waals surface area contributed by atoms with E-state index in [1.165, 1.54) is 38.0 Å². The van der Waals surface area contributed by atoms with Crippen molar-refractivity contribution in [3.8, 4) is 11.4 Å². The number of aromatic nitrogens is 2. The summed E-state index contributed by atoms with van der Waals surface area (Å²) >= 11 is 0. The minimum absolute atomic E-state index is 0. The van der Waals surface area contributed by atoms with Crippen LogP contribution in [0.4, 0.5) is 0 Å². The molecule has 6 heteroatoms. The van der Waals surface area contributed by atoms with Gasteiger partial charge in [-0.3, -0.25) is 4.90 Å². The molecule has 0 bridgehead atoms. The van der Waals surface area contributed by atoms with Gasteiger partial charge < -0.3 is 10.1 Å². The van der Waals surface area contributed by atoms with Crippen LogP contribution in [0.5, 0.6) is 5.75 Å². The zero-order chi connectivity index (χ0) is 16.8. The van der Waals surface area contributed by atoms with E-state index in [0.29, 0.717) is 0 Å². The summed E-state index contributed by atoms with van der Waals surface area (Å²) in [5.41, 5.74) is 2.22. The Morgan fingerprint density at radius 1 is 1.20 bits per heavy atom. The Labute approximate surface area is 156 Å². The van der Waals surface area contributed by atoms with E-state index in [0.717, 1.165) is 30.4 Å². The second-order valence-corrected chi connectivity index (χ2v) is 6.52. The van der Waals surface area contributed by atoms with Gasteiger partial charge in [0.05, 0.1) is 12.8 Å². The van der Waals surface area contributed by atoms with Crippen LogP contribution in [0.2, 0.25) is 0 Å². The molecule has 0 aliphatic carbocycles. The van der Waals surface area contributed by atoms with Crippen molar-refractivity contribution in [2.45, 2.75) is 25.8 Å². The number of nitrogens with one attached hydrogen (secondary N) is 1. The highest BCUT2D eigenvalue weighted by atomic mass is 35.5. The fraction of sp³-hybridized carbons (Fsp3) is 0.526. The van der Waals surface area contributed by atoms with Crippen LogP contribution in [0.1, 0.15) is 25.0 Å². The number of halogens is 1. The number of piperidine rings is 1. The first-order valence-electron chi connectivity index (χ1n) is 8.85. The number of ether oxygens (including phenoxy) is 1. The summed E-state index contributed by atoms with van der Waals surface area (Å²) in [7, 11) is 3.74. The van der Waals surface area contributed by atoms with Crippen molar-refractivity contribution in [2.24, 2.45) is 5.92 Å². The van der Waals surface area contributed by atoms with Crippen LogP contribution in [-0.4, -0.2) is 48.5 Å². The number of rotatable bonds is 7. The Morgan fingerprint density at radius 3 is 2.68 bits per heavy atom. The number of hydrogen-bond acceptors (Lipinski definition) is 4. The third-order valence-electron chi connectivity index (χ3n) is 4.93. The maximum absolute atomic E-state index is 5.49. The van der Waals surface area contributed by atoms with Gasteiger partial charge in [0.2, 0.25) is 0 Å². The fourth-order valence-corrected chi connectivity index (χ4v) is 3.48. The summed E-state index contributed by atoms with van der Waals surface area (Å²) in [6, 6.07) is 10.2. The van der Waals surface area contributed by atoms with Crippen LogP contribution in [0, 0.1) is 5.92 Å². The molecule has 0 amide bonds. The molecule has 1 aliphatic heterocycles. The van der Waals surface area contributed by atoms with Crippen LogP contribution in [-0.2, 0) is 6.54 Å². The molecule has 1 aromatic heterocycles. The van der Waals surface area contributed by atoms with Gasteiger partial charge in [-0.1, -0.05) is 12.1 Å². The Balaban J connectivity index is 0.00000225. The van der Waals surface area contributed by atoms with Crippen molar-refractivity contribution in [2.75, 3.05) is 33.8 Å². The lowest BCUT2D eigenvalue weighted by Gasteiger charge is -2.32. The maximum Gasteiger partial charge on any atom is 0.144 e. The van der Waals surface area contributed by atoms with E-state index >= 15 is 0 Å². The summed E-state index contributed by atoms with van der Waals surface area (Å²) in [4.78, 5) is 2.54. The Hall–Kier alpha value is -1.56. The van der Waals surface area contributed by atoms with Gasteiger partial charge in [0.15, 0.2) is 0 Å². The summed E-state index contributed by atoms with van der Waals surface area (Å²) in [5, 5.41) is 7.78. The SMILES string of the molecule is CNCCC1CCN(Cc2ccnn2-c2ccccc2OC)CC1.Cl. The van der Waals surface area contributed by atoms with Gasteiger partial charge in [-0.15, -0.1) is 12.4 Å². The number of methoxy groups -OCH3 is 1. The van der Waals surface area contributed by atoms with Crippen molar-refractivity contribution < 1.29 is 4.74 Å². The molecule has 1 fully saturated rings. The molecule has 3 rings (SSSR count). The lowest BCUT2D eigenvalue weighted by molar-refractivity contribution is 0.169. The normalized spacial score (nSPS) is 15.8. The second kappa shape index (κ2) is 9.80. The van der Waals surface area contributed by atoms with Gasteiger partial charge >= 0.3 is 0 Å². The molecule has 1 saturated heterocycles. The largest absolute Gasteiger partial charge is 0.494 e. The Bertz CT molecular complexity index is 638. The average Bonchev–Trinajstić information content (AvgIpc) is 3.09. The second-order valence-electron chi connectivity index (χ2n) is 6.52. The van der Waals surface area contributed by atoms with Gasteiger partial charge in [-0.25, -0.2) is 4.68 Å². The summed E-state index contributed by atoms with van der Waals surface area (Å²) in [6.07, 6.45) is 5.76. The third-order valence-corrected chi connectivity index (χ3v) is 4.93. The van der Waals surface area contributed by atoms with E-state index in [2.05, 4.69) is 27.4 Å². The third kappa shape index (κ3) is 4.97. The number of hydrogen-bond donors (Lipinski definition) is 1. The zero-order valence-corrected chi connectivity index (χ0v) is 16.0. The molecule has 1 aliphatic rings. The smallest absolute Gasteiger partial charge is 0.144 e. The standard InChI is InChI=1S/C19H28N4O.ClH/c1-20-11-7-16-9-13-22(14-10-16)15-17-8-12-21-23(17)18-5-3-4-6-19(18)24-2;/h3-6,8,12,16,20H,7,9-11,13-15H2,1-2H3;1H. The molecule has 2 aromatic rings. The topological polar surface area (TPSA) is 42.3 Å². The van der Waals surface area contributed by atoms with Crippen molar-refractivity contribution in [3.63, 3.8) is 0 Å². The van der Waals surface area contributed by atoms with Crippen LogP contribution in [0.3, 0.4) is 0 Å². The van der Waals surface area contributed by atoms with Crippen molar-refractivity contribution in [1.82, 2.24) is 20.0 Å². The highest BCUT2D eigenvalue weighted by molar-refractivity contribution is 5.85. The van der Waals surface area contributed by atoms with E-state index in [-0.39, 0.29) is 12.4 Å². The van der Waals surface area contributed by atoms with E-state index in [4.69, 9.17) is 4.74 Å². The van der Waals surface area contributed by atoms with Crippen molar-refractivity contribution in [1.29, 1.82) is 0 Å². The van der Waals surface area contributed by atoms with Gasteiger partial charge in [-0.2, -0.15) is 5.10 Å². The highest BCUT2D eigenvalue weighted by Crippen LogP contribution is 2.25. The lowest BCUT2D eigenvalue weighted by Crippen LogP contribution is -2.34. The summed E-state index contributed by atoms with van der Waals surface area (Å²) < 4.78 is 7.49. The van der Waals surface area contributed by atoms with Crippen LogP contribution < -0.4 is 10.1 Å². The zero-order valence-electron chi connectivity index (χ0n) is 15.1. The van der Waals surface area contributed by atoms with Gasteiger partial charge in [0.1, 0.15) is 11.4 Å². The number of para-hydroxylation sites is 2. The predicted molar refractivity (Wildman–Crippen MR) is 104 cm³/mol. The molecule has 0 atom stereocenters. The quantitative estimate of drug-likeness (QED) is 0.819. The molecular weight excluding hydrogens is 336 g/mol. The molecular formula is C19H29ClN4O. The Kier molecular flexibility index (Phi) is 7.75. The predicted octanol–water partition coefficient (Wildman–Crippen LogP) is 3.12. The van der Waals surface area contributed by atoms with Crippen LogP contribution in [0.25, 0.3) is 5.69 Å². The van der Waals surface area contributed by atoms with E-state index in [1.54, 1.807) is 7.11 Å². The number of nitrogens with zero attached hydrogens (tertiary/aromatic N) is 3. The van der Waals surface area contributed by atoms with Crippen molar-refractivity contribution in [3.05, 3.63) is 42.2 Å². The van der Waals surface area contributed by atoms with E-state index in [9.17, 15) is 0 Å². The lowest BCUT2D eigenvalue weighted by atomic mass is 9.93. The molecule has 2 heterocycles. The van der Waals surface area contributed by atoms with E-state index < -0.39 is 0 Å². The van der Waals surface area contributed by atoms with Gasteiger partial charge in [0, 0.05) is 12.7 Å². The Morgan fingerprint density at radius 2 is 1.96 bits per heavy atom. The molecule has 0 spiro atoms. The molecule has 1 N–H and O–H groups in total. The minimum Gasteiger partial charge on any atom is -0.494 e. The number of likely N-dealkylation sites (tertiary alicyclic amines) is 1. The molecule has 25 heavy (non-hydrogen) atoms. The average molecular weight is 365 g/mol. The number of benzene rings is 1. The first-order chi connectivity index (χ1) is 11.8. The molecule has 138 valence electrons. The molecule has 5 nitrogen and oxygen atoms in total. The fourth-order valence-electron chi connectivity index (χ4n) is 3.48. The van der Waals surface area contributed by atoms with Gasteiger partial charge in [-0.05, 0) is 70.1 Å². The minimum atomic E-state index is 0. The maximum atomic E-state index is 5.49. The van der Waals surface area contributed by atoms with Crippen LogP contribution in [0.15, 0.2) is 36.5 Å². The van der Waals surface area contributed by atoms with E-state index in [1.807, 2.05) is 36.1 Å². The van der Waals surface area contributed by atoms with Crippen molar-refractivity contribution >= 4 is 12.4 Å². The van der Waals surface area contributed by atoms with Gasteiger partial charge in [0.25, 0.3) is 0 Å². The molecule has 0 saturated carbocycles.